The van der Waals surface area contributed by atoms with Crippen molar-refractivity contribution in [2.24, 2.45) is 0 Å². The number of furan rings is 1. The summed E-state index contributed by atoms with van der Waals surface area (Å²) in [5.41, 5.74) is 0. The van der Waals surface area contributed by atoms with Gasteiger partial charge in [-0.25, -0.2) is 4.98 Å². The van der Waals surface area contributed by atoms with E-state index in [1.807, 2.05) is 0 Å². The van der Waals surface area contributed by atoms with E-state index in [2.05, 4.69) is 15.3 Å². The Bertz CT molecular complexity index is 585. The molecule has 94 valence electrons. The first-order chi connectivity index (χ1) is 8.58. The van der Waals surface area contributed by atoms with Gasteiger partial charge in [-0.15, -0.1) is 0 Å². The number of carbonyl (C=O) groups excluding carboxylic acids is 1. The van der Waals surface area contributed by atoms with Crippen LogP contribution in [0.25, 0.3) is 0 Å². The van der Waals surface area contributed by atoms with Crippen molar-refractivity contribution in [2.75, 3.05) is 12.4 Å². The van der Waals surface area contributed by atoms with E-state index >= 15 is 0 Å². The summed E-state index contributed by atoms with van der Waals surface area (Å²) >= 11 is 11.3. The van der Waals surface area contributed by atoms with E-state index in [0.29, 0.717) is 0 Å². The van der Waals surface area contributed by atoms with Crippen molar-refractivity contribution in [3.8, 4) is 5.88 Å². The van der Waals surface area contributed by atoms with Crippen LogP contribution in [0.1, 0.15) is 10.6 Å². The van der Waals surface area contributed by atoms with Gasteiger partial charge in [0.15, 0.2) is 11.0 Å². The Labute approximate surface area is 112 Å². The first kappa shape index (κ1) is 12.7. The van der Waals surface area contributed by atoms with Crippen LogP contribution in [0.2, 0.25) is 10.4 Å². The van der Waals surface area contributed by atoms with Gasteiger partial charge in [0.25, 0.3) is 5.91 Å². The third-order valence-electron chi connectivity index (χ3n) is 1.90. The number of ether oxygens (including phenoxy) is 1. The molecule has 2 aromatic heterocycles. The molecule has 2 heterocycles. The fourth-order valence-electron chi connectivity index (χ4n) is 1.16. The maximum absolute atomic E-state index is 11.7. The topological polar surface area (TPSA) is 77.2 Å². The Hall–Kier alpha value is -1.79. The molecule has 0 radical (unpaired) electrons. The van der Waals surface area contributed by atoms with Crippen LogP contribution in [-0.2, 0) is 0 Å². The van der Waals surface area contributed by atoms with E-state index in [1.165, 1.54) is 25.3 Å². The monoisotopic (exact) mass is 287 g/mol. The van der Waals surface area contributed by atoms with E-state index < -0.39 is 5.91 Å². The lowest BCUT2D eigenvalue weighted by Crippen LogP contribution is -2.13. The molecule has 0 aliphatic carbocycles. The number of hydrogen-bond donors (Lipinski definition) is 1. The van der Waals surface area contributed by atoms with Crippen LogP contribution in [0.15, 0.2) is 22.6 Å². The number of halogens is 2. The number of methoxy groups -OCH3 is 1. The molecule has 0 unspecified atom stereocenters. The molecule has 0 aliphatic rings. The van der Waals surface area contributed by atoms with Crippen LogP contribution in [0.4, 0.5) is 5.95 Å². The zero-order valence-corrected chi connectivity index (χ0v) is 10.6. The summed E-state index contributed by atoms with van der Waals surface area (Å²) in [4.78, 5) is 19.4. The number of nitrogens with one attached hydrogen (secondary N) is 1. The van der Waals surface area contributed by atoms with Crippen LogP contribution in [0.3, 0.4) is 0 Å². The standard InChI is InChI=1S/C10H7Cl2N3O3/c1-17-8-4-6(11)13-10(14-8)15-9(16)5-2-3-7(12)18-5/h2-4H,1H3,(H,13,14,15,16). The summed E-state index contributed by atoms with van der Waals surface area (Å²) in [5.74, 6) is -0.242. The molecule has 0 atom stereocenters. The molecule has 0 bridgehead atoms. The van der Waals surface area contributed by atoms with E-state index in [0.717, 1.165) is 0 Å². The second-order valence-electron chi connectivity index (χ2n) is 3.11. The Morgan fingerprint density at radius 3 is 2.78 bits per heavy atom. The molecular weight excluding hydrogens is 281 g/mol. The van der Waals surface area contributed by atoms with Crippen molar-refractivity contribution >= 4 is 35.1 Å². The van der Waals surface area contributed by atoms with Gasteiger partial charge in [-0.3, -0.25) is 10.1 Å². The Morgan fingerprint density at radius 2 is 2.17 bits per heavy atom. The SMILES string of the molecule is COc1cc(Cl)nc(NC(=O)c2ccc(Cl)o2)n1. The molecule has 1 N–H and O–H groups in total. The summed E-state index contributed by atoms with van der Waals surface area (Å²) in [6.07, 6.45) is 0. The van der Waals surface area contributed by atoms with Gasteiger partial charge in [0, 0.05) is 6.07 Å². The average molecular weight is 288 g/mol. The molecule has 2 aromatic rings. The fourth-order valence-corrected chi connectivity index (χ4v) is 1.48. The summed E-state index contributed by atoms with van der Waals surface area (Å²) in [7, 11) is 1.43. The highest BCUT2D eigenvalue weighted by atomic mass is 35.5. The molecule has 1 amide bonds. The Balaban J connectivity index is 2.18. The maximum atomic E-state index is 11.7. The molecule has 0 aromatic carbocycles. The number of nitrogens with zero attached hydrogens (tertiary/aromatic N) is 2. The van der Waals surface area contributed by atoms with Gasteiger partial charge in [0.2, 0.25) is 11.8 Å². The van der Waals surface area contributed by atoms with Crippen LogP contribution < -0.4 is 10.1 Å². The van der Waals surface area contributed by atoms with Crippen molar-refractivity contribution in [3.63, 3.8) is 0 Å². The number of carbonyl (C=O) groups is 1. The lowest BCUT2D eigenvalue weighted by molar-refractivity contribution is 0.0996. The third kappa shape index (κ3) is 2.91. The minimum Gasteiger partial charge on any atom is -0.481 e. The predicted octanol–water partition coefficient (Wildman–Crippen LogP) is 2.64. The number of aromatic nitrogens is 2. The van der Waals surface area contributed by atoms with Gasteiger partial charge in [-0.05, 0) is 23.7 Å². The molecule has 0 spiro atoms. The second-order valence-corrected chi connectivity index (χ2v) is 3.87. The predicted molar refractivity (Wildman–Crippen MR) is 65.3 cm³/mol. The molecule has 0 fully saturated rings. The van der Waals surface area contributed by atoms with Gasteiger partial charge in [0.1, 0.15) is 5.15 Å². The molecule has 0 aliphatic heterocycles. The average Bonchev–Trinajstić information content (AvgIpc) is 2.75. The van der Waals surface area contributed by atoms with Crippen molar-refractivity contribution in [2.45, 2.75) is 0 Å². The molecule has 6 nitrogen and oxygen atoms in total. The van der Waals surface area contributed by atoms with E-state index in [4.69, 9.17) is 32.4 Å². The lowest BCUT2D eigenvalue weighted by atomic mass is 10.4. The minimum absolute atomic E-state index is 0.0110. The first-order valence-electron chi connectivity index (χ1n) is 4.74. The molecule has 0 saturated carbocycles. The first-order valence-corrected chi connectivity index (χ1v) is 5.49. The number of hydrogen-bond acceptors (Lipinski definition) is 5. The fraction of sp³-hybridized carbons (Fsp3) is 0.100. The third-order valence-corrected chi connectivity index (χ3v) is 2.30. The van der Waals surface area contributed by atoms with Crippen LogP contribution in [-0.4, -0.2) is 23.0 Å². The zero-order chi connectivity index (χ0) is 13.1. The molecular formula is C10H7Cl2N3O3. The largest absolute Gasteiger partial charge is 0.481 e. The summed E-state index contributed by atoms with van der Waals surface area (Å²) in [6, 6.07) is 4.30. The van der Waals surface area contributed by atoms with E-state index in [9.17, 15) is 4.79 Å². The van der Waals surface area contributed by atoms with Gasteiger partial charge in [-0.2, -0.15) is 4.98 Å². The number of rotatable bonds is 3. The Kier molecular flexibility index (Phi) is 3.69. The van der Waals surface area contributed by atoms with Crippen molar-refractivity contribution in [1.82, 2.24) is 9.97 Å². The Morgan fingerprint density at radius 1 is 1.39 bits per heavy atom. The summed E-state index contributed by atoms with van der Waals surface area (Å²) < 4.78 is 9.83. The number of amides is 1. The molecule has 18 heavy (non-hydrogen) atoms. The zero-order valence-electron chi connectivity index (χ0n) is 9.11. The van der Waals surface area contributed by atoms with Crippen LogP contribution in [0, 0.1) is 0 Å². The van der Waals surface area contributed by atoms with Gasteiger partial charge < -0.3 is 9.15 Å². The van der Waals surface area contributed by atoms with E-state index in [-0.39, 0.29) is 28.0 Å². The summed E-state index contributed by atoms with van der Waals surface area (Å²) in [5, 5.41) is 2.67. The van der Waals surface area contributed by atoms with Gasteiger partial charge >= 0.3 is 0 Å². The number of anilines is 1. The summed E-state index contributed by atoms with van der Waals surface area (Å²) in [6.45, 7) is 0. The molecule has 2 rings (SSSR count). The highest BCUT2D eigenvalue weighted by molar-refractivity contribution is 6.29. The highest BCUT2D eigenvalue weighted by Gasteiger charge is 2.13. The van der Waals surface area contributed by atoms with Gasteiger partial charge in [-0.1, -0.05) is 11.6 Å². The lowest BCUT2D eigenvalue weighted by Gasteiger charge is -2.04. The van der Waals surface area contributed by atoms with Crippen molar-refractivity contribution in [3.05, 3.63) is 34.3 Å². The molecule has 0 saturated heterocycles. The molecule has 8 heteroatoms. The van der Waals surface area contributed by atoms with Crippen molar-refractivity contribution in [1.29, 1.82) is 0 Å². The smallest absolute Gasteiger partial charge is 0.293 e. The highest BCUT2D eigenvalue weighted by Crippen LogP contribution is 2.17. The van der Waals surface area contributed by atoms with E-state index in [1.54, 1.807) is 0 Å². The van der Waals surface area contributed by atoms with Crippen LogP contribution in [0.5, 0.6) is 5.88 Å². The van der Waals surface area contributed by atoms with Crippen LogP contribution >= 0.6 is 23.2 Å². The van der Waals surface area contributed by atoms with Gasteiger partial charge in [0.05, 0.1) is 7.11 Å². The minimum atomic E-state index is -0.536. The normalized spacial score (nSPS) is 10.2. The maximum Gasteiger partial charge on any atom is 0.293 e. The second kappa shape index (κ2) is 5.24. The van der Waals surface area contributed by atoms with Crippen molar-refractivity contribution < 1.29 is 13.9 Å². The quantitative estimate of drug-likeness (QED) is 0.878.